The van der Waals surface area contributed by atoms with Gasteiger partial charge in [0.25, 0.3) is 0 Å². The van der Waals surface area contributed by atoms with Crippen LogP contribution in [0.3, 0.4) is 0 Å². The Morgan fingerprint density at radius 3 is 2.93 bits per heavy atom. The molecule has 2 heteroatoms. The Morgan fingerprint density at radius 1 is 1.36 bits per heavy atom. The molecule has 14 heavy (non-hydrogen) atoms. The summed E-state index contributed by atoms with van der Waals surface area (Å²) in [5.74, 6) is 0. The zero-order chi connectivity index (χ0) is 9.97. The number of fused-ring (bicyclic) bond motifs is 1. The molecule has 1 aliphatic carbocycles. The Morgan fingerprint density at radius 2 is 2.21 bits per heavy atom. The van der Waals surface area contributed by atoms with E-state index in [2.05, 4.69) is 29.7 Å². The van der Waals surface area contributed by atoms with Gasteiger partial charge in [-0.1, -0.05) is 24.8 Å². The van der Waals surface area contributed by atoms with Crippen LogP contribution in [0.2, 0.25) is 0 Å². The fourth-order valence-electron chi connectivity index (χ4n) is 1.60. The van der Waals surface area contributed by atoms with Crippen molar-refractivity contribution in [1.29, 1.82) is 0 Å². The van der Waals surface area contributed by atoms with Crippen molar-refractivity contribution < 1.29 is 0 Å². The highest BCUT2D eigenvalue weighted by Crippen LogP contribution is 2.07. The zero-order valence-corrected chi connectivity index (χ0v) is 7.83. The maximum atomic E-state index is 3.79. The summed E-state index contributed by atoms with van der Waals surface area (Å²) >= 11 is 0. The van der Waals surface area contributed by atoms with E-state index in [0.29, 0.717) is 0 Å². The van der Waals surface area contributed by atoms with Crippen molar-refractivity contribution in [2.75, 3.05) is 0 Å². The predicted octanol–water partition coefficient (Wildman–Crippen LogP) is 0.999. The second-order valence-electron chi connectivity index (χ2n) is 3.01. The average Bonchev–Trinajstić information content (AvgIpc) is 2.55. The smallest absolute Gasteiger partial charge is 0.0647 e. The molecule has 0 saturated heterocycles. The van der Waals surface area contributed by atoms with Crippen LogP contribution in [0.15, 0.2) is 23.7 Å². The molecule has 1 N–H and O–H groups in total. The van der Waals surface area contributed by atoms with E-state index in [9.17, 15) is 0 Å². The van der Waals surface area contributed by atoms with Crippen molar-refractivity contribution in [3.8, 4) is 0 Å². The summed E-state index contributed by atoms with van der Waals surface area (Å²) in [6.45, 7) is 7.24. The van der Waals surface area contributed by atoms with Gasteiger partial charge in [0.05, 0.1) is 11.5 Å². The molecular formula is C12H11N2. The second kappa shape index (κ2) is 3.50. The van der Waals surface area contributed by atoms with Crippen LogP contribution in [0, 0.1) is 6.42 Å². The maximum absolute atomic E-state index is 3.79. The van der Waals surface area contributed by atoms with E-state index in [1.165, 1.54) is 0 Å². The molecule has 2 rings (SSSR count). The summed E-state index contributed by atoms with van der Waals surface area (Å²) in [6, 6.07) is 0. The van der Waals surface area contributed by atoms with Gasteiger partial charge in [0.2, 0.25) is 0 Å². The molecule has 0 bridgehead atoms. The van der Waals surface area contributed by atoms with Crippen LogP contribution in [0.4, 0.5) is 0 Å². The van der Waals surface area contributed by atoms with Crippen LogP contribution >= 0.6 is 0 Å². The fraction of sp³-hybridized carbons (Fsp3) is 0. The van der Waals surface area contributed by atoms with Crippen molar-refractivity contribution in [3.05, 3.63) is 47.0 Å². The molecule has 0 amide bonds. The Labute approximate surface area is 82.7 Å². The van der Waals surface area contributed by atoms with Crippen molar-refractivity contribution in [3.63, 3.8) is 0 Å². The minimum Gasteiger partial charge on any atom is -0.354 e. The van der Waals surface area contributed by atoms with Crippen LogP contribution in [0.1, 0.15) is 11.1 Å². The van der Waals surface area contributed by atoms with Gasteiger partial charge in [-0.15, -0.1) is 0 Å². The Kier molecular flexibility index (Phi) is 2.19. The van der Waals surface area contributed by atoms with Gasteiger partial charge in [-0.3, -0.25) is 4.99 Å². The monoisotopic (exact) mass is 183 g/mol. The topological polar surface area (TPSA) is 28.1 Å². The number of nitrogens with zero attached hydrogens (tertiary/aromatic N) is 1. The van der Waals surface area contributed by atoms with Crippen LogP contribution in [-0.2, 0) is 0 Å². The van der Waals surface area contributed by atoms with E-state index in [4.69, 9.17) is 0 Å². The molecule has 1 aliphatic rings. The van der Waals surface area contributed by atoms with E-state index in [1.807, 2.05) is 24.3 Å². The van der Waals surface area contributed by atoms with E-state index < -0.39 is 0 Å². The third-order valence-corrected chi connectivity index (χ3v) is 2.20. The first-order valence-electron chi connectivity index (χ1n) is 4.39. The van der Waals surface area contributed by atoms with E-state index >= 15 is 0 Å². The lowest BCUT2D eigenvalue weighted by atomic mass is 10.1. The van der Waals surface area contributed by atoms with Crippen molar-refractivity contribution >= 4 is 25.1 Å². The lowest BCUT2D eigenvalue weighted by Gasteiger charge is -1.97. The number of hydrogen-bond donors (Lipinski definition) is 1. The van der Waals surface area contributed by atoms with Crippen LogP contribution in [-0.4, -0.2) is 11.7 Å². The van der Waals surface area contributed by atoms with E-state index in [1.54, 1.807) is 6.20 Å². The number of rotatable bonds is 2. The highest BCUT2D eigenvalue weighted by molar-refractivity contribution is 5.61. The highest BCUT2D eigenvalue weighted by atomic mass is 14.7. The van der Waals surface area contributed by atoms with Gasteiger partial charge in [-0.2, -0.15) is 0 Å². The Bertz CT molecular complexity index is 515. The molecule has 2 nitrogen and oxygen atoms in total. The van der Waals surface area contributed by atoms with E-state index in [0.717, 1.165) is 21.8 Å². The molecule has 0 unspecified atom stereocenters. The first-order chi connectivity index (χ1) is 6.86. The third kappa shape index (κ3) is 1.25. The van der Waals surface area contributed by atoms with Gasteiger partial charge in [0.15, 0.2) is 0 Å². The van der Waals surface area contributed by atoms with Crippen LogP contribution in [0.25, 0.3) is 18.4 Å². The summed E-state index contributed by atoms with van der Waals surface area (Å²) < 4.78 is 0. The number of aromatic nitrogens is 1. The third-order valence-electron chi connectivity index (χ3n) is 2.20. The van der Waals surface area contributed by atoms with Crippen molar-refractivity contribution in [1.82, 2.24) is 4.98 Å². The first-order valence-corrected chi connectivity index (χ1v) is 4.39. The molecule has 0 atom stereocenters. The van der Waals surface area contributed by atoms with Crippen LogP contribution in [0.5, 0.6) is 0 Å². The summed E-state index contributed by atoms with van der Waals surface area (Å²) in [5, 5.41) is 2.05. The van der Waals surface area contributed by atoms with Crippen LogP contribution < -0.4 is 10.7 Å². The molecule has 0 fully saturated rings. The van der Waals surface area contributed by atoms with Gasteiger partial charge < -0.3 is 4.98 Å². The molecule has 0 spiro atoms. The molecule has 0 aliphatic heterocycles. The van der Waals surface area contributed by atoms with Crippen molar-refractivity contribution in [2.45, 2.75) is 0 Å². The highest BCUT2D eigenvalue weighted by Gasteiger charge is 2.06. The largest absolute Gasteiger partial charge is 0.354 e. The number of aliphatic imine (C=N–C) groups is 1. The number of nitrogens with one attached hydrogen (secondary N) is 1. The number of hydrogen-bond acceptors (Lipinski definition) is 1. The minimum atomic E-state index is 0.955. The molecule has 1 aromatic rings. The molecule has 0 saturated carbocycles. The minimum absolute atomic E-state index is 0.955. The fourth-order valence-corrected chi connectivity index (χ4v) is 1.60. The Hall–Kier alpha value is -1.83. The molecule has 1 radical (unpaired) electrons. The number of H-pyrrole nitrogens is 1. The lowest BCUT2D eigenvalue weighted by Crippen LogP contribution is -2.11. The summed E-state index contributed by atoms with van der Waals surface area (Å²) in [5.41, 5.74) is 2.24. The summed E-state index contributed by atoms with van der Waals surface area (Å²) in [4.78, 5) is 7.01. The number of allylic oxidation sites excluding steroid dienone is 2. The molecule has 0 aromatic carbocycles. The summed E-state index contributed by atoms with van der Waals surface area (Å²) in [6.07, 6.45) is 11.6. The van der Waals surface area contributed by atoms with Gasteiger partial charge in [0, 0.05) is 17.3 Å². The Balaban J connectivity index is 2.79. The van der Waals surface area contributed by atoms with Gasteiger partial charge in [-0.05, 0) is 18.4 Å². The average molecular weight is 183 g/mol. The lowest BCUT2D eigenvalue weighted by molar-refractivity contribution is 1.25. The van der Waals surface area contributed by atoms with Gasteiger partial charge >= 0.3 is 0 Å². The van der Waals surface area contributed by atoms with E-state index in [-0.39, 0.29) is 0 Å². The van der Waals surface area contributed by atoms with Crippen molar-refractivity contribution in [2.24, 2.45) is 4.99 Å². The van der Waals surface area contributed by atoms with Gasteiger partial charge in [-0.25, -0.2) is 0 Å². The number of aromatic amines is 1. The molecule has 1 heterocycles. The van der Waals surface area contributed by atoms with Gasteiger partial charge in [0.1, 0.15) is 0 Å². The molecular weight excluding hydrogens is 172 g/mol. The predicted molar refractivity (Wildman–Crippen MR) is 61.2 cm³/mol. The SMILES string of the molecule is C=Cc1c2c([nH]/c1=C/N=C)=CC=C[CH]2. The standard InChI is InChI=1S/C12H11N2/c1-3-9-10-6-4-5-7-11(10)14-12(9)8-13-2/h3-8,14H,1-2H2/b12-8+. The quantitative estimate of drug-likeness (QED) is 0.663. The summed E-state index contributed by atoms with van der Waals surface area (Å²) in [7, 11) is 0. The second-order valence-corrected chi connectivity index (χ2v) is 3.01. The molecule has 1 aromatic heterocycles. The zero-order valence-electron chi connectivity index (χ0n) is 7.83. The normalized spacial score (nSPS) is 14.7. The first kappa shape index (κ1) is 8.75. The molecule has 69 valence electrons. The maximum Gasteiger partial charge on any atom is 0.0647 e.